The van der Waals surface area contributed by atoms with E-state index in [1.165, 1.54) is 0 Å². The Morgan fingerprint density at radius 1 is 1.29 bits per heavy atom. The Labute approximate surface area is 123 Å². The van der Waals surface area contributed by atoms with Gasteiger partial charge in [-0.1, -0.05) is 18.2 Å². The molecule has 108 valence electrons. The van der Waals surface area contributed by atoms with Gasteiger partial charge in [-0.2, -0.15) is 5.10 Å². The smallest absolute Gasteiger partial charge is 0.155 e. The van der Waals surface area contributed by atoms with E-state index in [1.807, 2.05) is 42.0 Å². The summed E-state index contributed by atoms with van der Waals surface area (Å²) in [5, 5.41) is 7.81. The summed E-state index contributed by atoms with van der Waals surface area (Å²) in [4.78, 5) is 4.41. The molecule has 0 spiro atoms. The zero-order valence-electron chi connectivity index (χ0n) is 12.2. The largest absolute Gasteiger partial charge is 0.381 e. The molecule has 5 nitrogen and oxygen atoms in total. The lowest BCUT2D eigenvalue weighted by molar-refractivity contribution is 0.185. The van der Waals surface area contributed by atoms with Crippen LogP contribution in [-0.4, -0.2) is 21.7 Å². The highest BCUT2D eigenvalue weighted by atomic mass is 16.5. The summed E-state index contributed by atoms with van der Waals surface area (Å²) in [6, 6.07) is 10.1. The number of ether oxygens (including phenoxy) is 1. The molecule has 0 aliphatic rings. The summed E-state index contributed by atoms with van der Waals surface area (Å²) >= 11 is 0. The number of fused-ring (bicyclic) bond motifs is 1. The van der Waals surface area contributed by atoms with Crippen molar-refractivity contribution in [2.24, 2.45) is 0 Å². The second kappa shape index (κ2) is 5.93. The molecule has 3 aromatic rings. The van der Waals surface area contributed by atoms with E-state index >= 15 is 0 Å². The molecule has 0 amide bonds. The monoisotopic (exact) mass is 282 g/mol. The summed E-state index contributed by atoms with van der Waals surface area (Å²) in [7, 11) is 1.70. The molecule has 5 heteroatoms. The maximum Gasteiger partial charge on any atom is 0.155 e. The molecule has 0 bridgehead atoms. The number of nitrogens with zero attached hydrogens (tertiary/aromatic N) is 3. The zero-order valence-corrected chi connectivity index (χ0v) is 12.2. The number of anilines is 1. The Balaban J connectivity index is 1.76. The number of methoxy groups -OCH3 is 1. The molecule has 1 aromatic carbocycles. The van der Waals surface area contributed by atoms with Gasteiger partial charge in [-0.25, -0.2) is 9.50 Å². The number of benzene rings is 1. The van der Waals surface area contributed by atoms with Gasteiger partial charge >= 0.3 is 0 Å². The van der Waals surface area contributed by atoms with Crippen molar-refractivity contribution in [2.75, 3.05) is 12.4 Å². The predicted octanol–water partition coefficient (Wildman–Crippen LogP) is 2.80. The van der Waals surface area contributed by atoms with Gasteiger partial charge in [0.2, 0.25) is 0 Å². The number of aromatic nitrogens is 3. The van der Waals surface area contributed by atoms with E-state index in [2.05, 4.69) is 27.5 Å². The Hall–Kier alpha value is -2.40. The summed E-state index contributed by atoms with van der Waals surface area (Å²) in [5.41, 5.74) is 5.15. The number of hydrogen-bond donors (Lipinski definition) is 1. The molecule has 0 fully saturated rings. The molecule has 2 aromatic heterocycles. The Morgan fingerprint density at radius 3 is 3.00 bits per heavy atom. The average molecular weight is 282 g/mol. The molecule has 0 aliphatic heterocycles. The van der Waals surface area contributed by atoms with E-state index < -0.39 is 0 Å². The zero-order chi connectivity index (χ0) is 14.7. The fourth-order valence-corrected chi connectivity index (χ4v) is 2.30. The van der Waals surface area contributed by atoms with Gasteiger partial charge in [-0.3, -0.25) is 0 Å². The van der Waals surface area contributed by atoms with Crippen molar-refractivity contribution in [1.29, 1.82) is 0 Å². The fraction of sp³-hybridized carbons (Fsp3) is 0.250. The summed E-state index contributed by atoms with van der Waals surface area (Å²) in [6.07, 6.45) is 3.88. The number of nitrogens with one attached hydrogen (secondary N) is 1. The third kappa shape index (κ3) is 3.03. The van der Waals surface area contributed by atoms with Crippen molar-refractivity contribution in [3.63, 3.8) is 0 Å². The molecule has 21 heavy (non-hydrogen) atoms. The van der Waals surface area contributed by atoms with Crippen LogP contribution in [0.15, 0.2) is 42.7 Å². The molecule has 3 rings (SSSR count). The summed E-state index contributed by atoms with van der Waals surface area (Å²) in [5.74, 6) is 0. The van der Waals surface area contributed by atoms with E-state index in [0.29, 0.717) is 13.2 Å². The first-order valence-electron chi connectivity index (χ1n) is 6.88. The van der Waals surface area contributed by atoms with Crippen molar-refractivity contribution < 1.29 is 4.74 Å². The van der Waals surface area contributed by atoms with Crippen molar-refractivity contribution in [3.05, 3.63) is 59.5 Å². The number of aryl methyl sites for hydroxylation is 1. The second-order valence-corrected chi connectivity index (χ2v) is 4.99. The standard InChI is InChI=1S/C16H18N4O/c1-12-7-16-18-9-13(10-20(16)19-12)8-17-15-6-4-3-5-14(15)11-21-2/h3-7,9-10,17H,8,11H2,1-2H3. The van der Waals surface area contributed by atoms with Crippen LogP contribution in [0.1, 0.15) is 16.8 Å². The normalized spacial score (nSPS) is 11.0. The van der Waals surface area contributed by atoms with Crippen LogP contribution in [0, 0.1) is 6.92 Å². The third-order valence-electron chi connectivity index (χ3n) is 3.29. The van der Waals surface area contributed by atoms with Gasteiger partial charge in [0, 0.05) is 48.9 Å². The molecule has 0 unspecified atom stereocenters. The minimum absolute atomic E-state index is 0.596. The molecule has 0 atom stereocenters. The van der Waals surface area contributed by atoms with Crippen LogP contribution in [0.5, 0.6) is 0 Å². The SMILES string of the molecule is COCc1ccccc1NCc1cnc2cc(C)nn2c1. The van der Waals surface area contributed by atoms with Gasteiger partial charge in [-0.15, -0.1) is 0 Å². The Bertz CT molecular complexity index is 751. The summed E-state index contributed by atoms with van der Waals surface area (Å²) in [6.45, 7) is 3.26. The fourth-order valence-electron chi connectivity index (χ4n) is 2.30. The topological polar surface area (TPSA) is 51.5 Å². The van der Waals surface area contributed by atoms with Crippen molar-refractivity contribution in [2.45, 2.75) is 20.1 Å². The molecular weight excluding hydrogens is 264 g/mol. The highest BCUT2D eigenvalue weighted by Crippen LogP contribution is 2.17. The second-order valence-electron chi connectivity index (χ2n) is 4.99. The van der Waals surface area contributed by atoms with Crippen LogP contribution in [0.3, 0.4) is 0 Å². The minimum Gasteiger partial charge on any atom is -0.381 e. The van der Waals surface area contributed by atoms with Crippen LogP contribution in [0.2, 0.25) is 0 Å². The van der Waals surface area contributed by atoms with Gasteiger partial charge in [0.05, 0.1) is 12.3 Å². The highest BCUT2D eigenvalue weighted by Gasteiger charge is 2.03. The van der Waals surface area contributed by atoms with E-state index in [9.17, 15) is 0 Å². The van der Waals surface area contributed by atoms with E-state index in [0.717, 1.165) is 28.2 Å². The van der Waals surface area contributed by atoms with E-state index in [1.54, 1.807) is 7.11 Å². The first-order valence-corrected chi connectivity index (χ1v) is 6.88. The van der Waals surface area contributed by atoms with E-state index in [-0.39, 0.29) is 0 Å². The van der Waals surface area contributed by atoms with E-state index in [4.69, 9.17) is 4.74 Å². The predicted molar refractivity (Wildman–Crippen MR) is 82.2 cm³/mol. The van der Waals surface area contributed by atoms with Gasteiger partial charge in [0.25, 0.3) is 0 Å². The molecular formula is C16H18N4O. The van der Waals surface area contributed by atoms with Crippen molar-refractivity contribution >= 4 is 11.3 Å². The molecule has 0 radical (unpaired) electrons. The van der Waals surface area contributed by atoms with Crippen LogP contribution >= 0.6 is 0 Å². The quantitative estimate of drug-likeness (QED) is 0.782. The first-order chi connectivity index (χ1) is 10.3. The Kier molecular flexibility index (Phi) is 3.83. The van der Waals surface area contributed by atoms with Crippen LogP contribution in [0.4, 0.5) is 5.69 Å². The van der Waals surface area contributed by atoms with Gasteiger partial charge in [0.1, 0.15) is 0 Å². The molecule has 0 aliphatic carbocycles. The number of hydrogen-bond acceptors (Lipinski definition) is 4. The lowest BCUT2D eigenvalue weighted by Crippen LogP contribution is -2.05. The first kappa shape index (κ1) is 13.6. The number of para-hydroxylation sites is 1. The van der Waals surface area contributed by atoms with Crippen LogP contribution in [-0.2, 0) is 17.9 Å². The molecule has 1 N–H and O–H groups in total. The van der Waals surface area contributed by atoms with Gasteiger partial charge < -0.3 is 10.1 Å². The van der Waals surface area contributed by atoms with Gasteiger partial charge in [0.15, 0.2) is 5.65 Å². The Morgan fingerprint density at radius 2 is 2.14 bits per heavy atom. The minimum atomic E-state index is 0.596. The average Bonchev–Trinajstić information content (AvgIpc) is 2.86. The maximum atomic E-state index is 5.21. The summed E-state index contributed by atoms with van der Waals surface area (Å²) < 4.78 is 7.03. The molecule has 0 saturated heterocycles. The van der Waals surface area contributed by atoms with Crippen molar-refractivity contribution in [3.8, 4) is 0 Å². The highest BCUT2D eigenvalue weighted by molar-refractivity contribution is 5.51. The number of rotatable bonds is 5. The lowest BCUT2D eigenvalue weighted by atomic mass is 10.2. The van der Waals surface area contributed by atoms with Crippen molar-refractivity contribution in [1.82, 2.24) is 14.6 Å². The van der Waals surface area contributed by atoms with Crippen LogP contribution < -0.4 is 5.32 Å². The maximum absolute atomic E-state index is 5.21. The third-order valence-corrected chi connectivity index (χ3v) is 3.29. The molecule has 2 heterocycles. The van der Waals surface area contributed by atoms with Crippen LogP contribution in [0.25, 0.3) is 5.65 Å². The lowest BCUT2D eigenvalue weighted by Gasteiger charge is -2.11. The molecule has 0 saturated carbocycles. The van der Waals surface area contributed by atoms with Gasteiger partial charge in [-0.05, 0) is 13.0 Å².